The van der Waals surface area contributed by atoms with Crippen molar-refractivity contribution in [3.05, 3.63) is 46.1 Å². The quantitative estimate of drug-likeness (QED) is 0.487. The molecule has 0 heterocycles. The summed E-state index contributed by atoms with van der Waals surface area (Å²) in [6.07, 6.45) is 1.27. The molecule has 1 unspecified atom stereocenters. The molecule has 0 amide bonds. The van der Waals surface area contributed by atoms with Gasteiger partial charge in [0.1, 0.15) is 6.10 Å². The molecule has 1 rings (SSSR count). The first-order valence-electron chi connectivity index (χ1n) is 4.18. The Kier molecular flexibility index (Phi) is 4.13. The fourth-order valence-electron chi connectivity index (χ4n) is 1.08. The lowest BCUT2D eigenvalue weighted by atomic mass is 10.1. The Morgan fingerprint density at radius 2 is 2.07 bits per heavy atom. The van der Waals surface area contributed by atoms with Crippen LogP contribution in [0.2, 0.25) is 0 Å². The molecule has 0 N–H and O–H groups in total. The van der Waals surface area contributed by atoms with Gasteiger partial charge in [-0.3, -0.25) is 4.79 Å². The standard InChI is InChI=1S/C11H11IO2/c1-3-11(14-8(2)13)9-4-6-10(12)7-5-9/h3-7,11H,1H2,2H3. The summed E-state index contributed by atoms with van der Waals surface area (Å²) < 4.78 is 6.22. The van der Waals surface area contributed by atoms with Crippen LogP contribution in [0.1, 0.15) is 18.6 Å². The smallest absolute Gasteiger partial charge is 0.303 e. The Morgan fingerprint density at radius 1 is 1.50 bits per heavy atom. The van der Waals surface area contributed by atoms with Crippen LogP contribution < -0.4 is 0 Å². The van der Waals surface area contributed by atoms with Crippen LogP contribution in [0.15, 0.2) is 36.9 Å². The van der Waals surface area contributed by atoms with Gasteiger partial charge in [0, 0.05) is 10.5 Å². The van der Waals surface area contributed by atoms with Crippen molar-refractivity contribution in [2.75, 3.05) is 0 Å². The molecule has 0 fully saturated rings. The molecule has 1 atom stereocenters. The maximum absolute atomic E-state index is 10.8. The largest absolute Gasteiger partial charge is 0.453 e. The van der Waals surface area contributed by atoms with E-state index in [1.54, 1.807) is 6.08 Å². The number of carbonyl (C=O) groups excluding carboxylic acids is 1. The third-order valence-electron chi connectivity index (χ3n) is 1.71. The normalized spacial score (nSPS) is 11.9. The highest BCUT2D eigenvalue weighted by Gasteiger charge is 2.09. The van der Waals surface area contributed by atoms with Gasteiger partial charge in [-0.25, -0.2) is 0 Å². The second-order valence-electron chi connectivity index (χ2n) is 2.82. The average Bonchev–Trinajstić information content (AvgIpc) is 2.15. The van der Waals surface area contributed by atoms with Crippen molar-refractivity contribution in [3.63, 3.8) is 0 Å². The lowest BCUT2D eigenvalue weighted by Crippen LogP contribution is -2.05. The predicted molar refractivity (Wildman–Crippen MR) is 63.9 cm³/mol. The van der Waals surface area contributed by atoms with E-state index in [4.69, 9.17) is 4.74 Å². The molecule has 0 saturated heterocycles. The van der Waals surface area contributed by atoms with Crippen LogP contribution in [-0.4, -0.2) is 5.97 Å². The number of benzene rings is 1. The van der Waals surface area contributed by atoms with E-state index in [1.807, 2.05) is 24.3 Å². The van der Waals surface area contributed by atoms with E-state index < -0.39 is 0 Å². The predicted octanol–water partition coefficient (Wildman–Crippen LogP) is 3.08. The first-order valence-corrected chi connectivity index (χ1v) is 5.26. The Bertz CT molecular complexity index is 330. The molecular formula is C11H11IO2. The molecule has 0 saturated carbocycles. The molecule has 0 aliphatic rings. The fraction of sp³-hybridized carbons (Fsp3) is 0.182. The number of esters is 1. The van der Waals surface area contributed by atoms with Gasteiger partial charge >= 0.3 is 5.97 Å². The maximum atomic E-state index is 10.8. The molecule has 1 aromatic rings. The van der Waals surface area contributed by atoms with E-state index in [0.717, 1.165) is 9.13 Å². The Labute approximate surface area is 97.1 Å². The minimum atomic E-state index is -0.343. The van der Waals surface area contributed by atoms with Crippen LogP contribution in [0.3, 0.4) is 0 Å². The van der Waals surface area contributed by atoms with Gasteiger partial charge in [0.25, 0.3) is 0 Å². The summed E-state index contributed by atoms with van der Waals surface area (Å²) in [6.45, 7) is 5.03. The van der Waals surface area contributed by atoms with Gasteiger partial charge in [-0.2, -0.15) is 0 Å². The molecule has 3 heteroatoms. The van der Waals surface area contributed by atoms with E-state index >= 15 is 0 Å². The van der Waals surface area contributed by atoms with Crippen LogP contribution in [0.5, 0.6) is 0 Å². The molecule has 0 aromatic heterocycles. The monoisotopic (exact) mass is 302 g/mol. The number of carbonyl (C=O) groups is 1. The third-order valence-corrected chi connectivity index (χ3v) is 2.42. The second-order valence-corrected chi connectivity index (χ2v) is 4.06. The molecule has 0 spiro atoms. The van der Waals surface area contributed by atoms with E-state index in [2.05, 4.69) is 29.2 Å². The van der Waals surface area contributed by atoms with Crippen LogP contribution >= 0.6 is 22.6 Å². The highest BCUT2D eigenvalue weighted by Crippen LogP contribution is 2.19. The van der Waals surface area contributed by atoms with Gasteiger partial charge in [0.2, 0.25) is 0 Å². The van der Waals surface area contributed by atoms with Gasteiger partial charge in [-0.15, -0.1) is 0 Å². The summed E-state index contributed by atoms with van der Waals surface area (Å²) in [4.78, 5) is 10.8. The van der Waals surface area contributed by atoms with Crippen molar-refractivity contribution in [1.82, 2.24) is 0 Å². The van der Waals surface area contributed by atoms with Gasteiger partial charge in [-0.1, -0.05) is 18.7 Å². The summed E-state index contributed by atoms with van der Waals surface area (Å²) in [5.74, 6) is -0.298. The highest BCUT2D eigenvalue weighted by atomic mass is 127. The minimum Gasteiger partial charge on any atom is -0.453 e. The second kappa shape index (κ2) is 5.14. The summed E-state index contributed by atoms with van der Waals surface area (Å²) >= 11 is 2.22. The van der Waals surface area contributed by atoms with Gasteiger partial charge in [0.15, 0.2) is 0 Å². The van der Waals surface area contributed by atoms with E-state index in [9.17, 15) is 4.79 Å². The van der Waals surface area contributed by atoms with Crippen LogP contribution in [-0.2, 0) is 9.53 Å². The van der Waals surface area contributed by atoms with Crippen molar-refractivity contribution in [3.8, 4) is 0 Å². The van der Waals surface area contributed by atoms with E-state index in [-0.39, 0.29) is 12.1 Å². The zero-order chi connectivity index (χ0) is 10.6. The van der Waals surface area contributed by atoms with Gasteiger partial charge < -0.3 is 4.74 Å². The minimum absolute atomic E-state index is 0.298. The molecule has 0 bridgehead atoms. The fourth-order valence-corrected chi connectivity index (χ4v) is 1.44. The van der Waals surface area contributed by atoms with Crippen LogP contribution in [0.25, 0.3) is 0 Å². The molecule has 0 aliphatic heterocycles. The van der Waals surface area contributed by atoms with Crippen molar-refractivity contribution >= 4 is 28.6 Å². The lowest BCUT2D eigenvalue weighted by molar-refractivity contribution is -0.144. The first-order chi connectivity index (χ1) is 6.63. The first kappa shape index (κ1) is 11.2. The summed E-state index contributed by atoms with van der Waals surface area (Å²) in [5.41, 5.74) is 0.940. The molecule has 2 nitrogen and oxygen atoms in total. The number of hydrogen-bond donors (Lipinski definition) is 0. The van der Waals surface area contributed by atoms with Crippen LogP contribution in [0, 0.1) is 3.57 Å². The number of ether oxygens (including phenoxy) is 1. The number of halogens is 1. The Balaban J connectivity index is 2.84. The zero-order valence-electron chi connectivity index (χ0n) is 7.87. The zero-order valence-corrected chi connectivity index (χ0v) is 10.0. The van der Waals surface area contributed by atoms with Crippen molar-refractivity contribution in [2.45, 2.75) is 13.0 Å². The van der Waals surface area contributed by atoms with Gasteiger partial charge in [0.05, 0.1) is 0 Å². The third kappa shape index (κ3) is 3.14. The summed E-state index contributed by atoms with van der Waals surface area (Å²) in [5, 5.41) is 0. The van der Waals surface area contributed by atoms with Crippen LogP contribution in [0.4, 0.5) is 0 Å². The molecule has 0 aliphatic carbocycles. The Hall–Kier alpha value is -0.840. The summed E-state index contributed by atoms with van der Waals surface area (Å²) in [6, 6.07) is 7.79. The molecular weight excluding hydrogens is 291 g/mol. The SMILES string of the molecule is C=CC(OC(C)=O)c1ccc(I)cc1. The Morgan fingerprint density at radius 3 is 2.50 bits per heavy atom. The number of hydrogen-bond acceptors (Lipinski definition) is 2. The van der Waals surface area contributed by atoms with E-state index in [0.29, 0.717) is 0 Å². The molecule has 1 aromatic carbocycles. The van der Waals surface area contributed by atoms with E-state index in [1.165, 1.54) is 6.92 Å². The highest BCUT2D eigenvalue weighted by molar-refractivity contribution is 14.1. The lowest BCUT2D eigenvalue weighted by Gasteiger charge is -2.12. The molecule has 74 valence electrons. The van der Waals surface area contributed by atoms with Gasteiger partial charge in [-0.05, 0) is 46.4 Å². The topological polar surface area (TPSA) is 26.3 Å². The van der Waals surface area contributed by atoms with Crippen molar-refractivity contribution in [2.24, 2.45) is 0 Å². The summed E-state index contributed by atoms with van der Waals surface area (Å²) in [7, 11) is 0. The van der Waals surface area contributed by atoms with Crippen molar-refractivity contribution < 1.29 is 9.53 Å². The van der Waals surface area contributed by atoms with Crippen molar-refractivity contribution in [1.29, 1.82) is 0 Å². The number of rotatable bonds is 3. The average molecular weight is 302 g/mol. The maximum Gasteiger partial charge on any atom is 0.303 e. The molecule has 14 heavy (non-hydrogen) atoms. The molecule has 0 radical (unpaired) electrons.